The van der Waals surface area contributed by atoms with Gasteiger partial charge in [-0.25, -0.2) is 0 Å². The van der Waals surface area contributed by atoms with Gasteiger partial charge in [-0.3, -0.25) is 9.59 Å². The molecular weight excluding hydrogens is 224 g/mol. The number of hydrogen-bond acceptors (Lipinski definition) is 4. The molecule has 0 aromatic heterocycles. The number of aliphatic carboxylic acids is 1. The van der Waals surface area contributed by atoms with Crippen LogP contribution in [0.2, 0.25) is 0 Å². The lowest BCUT2D eigenvalue weighted by molar-refractivity contribution is -0.142. The predicted octanol–water partition coefficient (Wildman–Crippen LogP) is -0.208. The second kappa shape index (κ2) is 8.95. The van der Waals surface area contributed by atoms with Crippen molar-refractivity contribution in [1.82, 2.24) is 10.2 Å². The summed E-state index contributed by atoms with van der Waals surface area (Å²) in [7, 11) is 1.59. The Balaban J connectivity index is 3.99. The molecule has 6 heteroatoms. The van der Waals surface area contributed by atoms with E-state index >= 15 is 0 Å². The van der Waals surface area contributed by atoms with Crippen molar-refractivity contribution in [2.24, 2.45) is 5.92 Å². The Labute approximate surface area is 102 Å². The molecule has 0 aromatic rings. The number of ether oxygens (including phenoxy) is 1. The highest BCUT2D eigenvalue weighted by Crippen LogP contribution is 2.00. The van der Waals surface area contributed by atoms with E-state index < -0.39 is 11.9 Å². The first-order chi connectivity index (χ1) is 8.02. The number of carbonyl (C=O) groups excluding carboxylic acids is 1. The number of nitrogens with zero attached hydrogens (tertiary/aromatic N) is 1. The average Bonchev–Trinajstić information content (AvgIpc) is 2.30. The summed E-state index contributed by atoms with van der Waals surface area (Å²) in [5.41, 5.74) is 0. The number of rotatable bonds is 9. The van der Waals surface area contributed by atoms with Crippen molar-refractivity contribution in [1.29, 1.82) is 0 Å². The largest absolute Gasteiger partial charge is 0.481 e. The van der Waals surface area contributed by atoms with Gasteiger partial charge < -0.3 is 20.1 Å². The highest BCUT2D eigenvalue weighted by Gasteiger charge is 2.18. The molecule has 0 aromatic carbocycles. The van der Waals surface area contributed by atoms with Crippen molar-refractivity contribution in [2.45, 2.75) is 13.8 Å². The third-order valence-electron chi connectivity index (χ3n) is 2.41. The molecule has 0 aliphatic rings. The fourth-order valence-corrected chi connectivity index (χ4v) is 1.30. The number of nitrogens with one attached hydrogen (secondary N) is 1. The molecule has 0 aliphatic carbocycles. The number of methoxy groups -OCH3 is 1. The summed E-state index contributed by atoms with van der Waals surface area (Å²) in [4.78, 5) is 24.0. The smallest absolute Gasteiger partial charge is 0.308 e. The maximum Gasteiger partial charge on any atom is 0.308 e. The van der Waals surface area contributed by atoms with Crippen LogP contribution in [0.4, 0.5) is 0 Å². The molecule has 1 amide bonds. The van der Waals surface area contributed by atoms with Crippen molar-refractivity contribution < 1.29 is 19.4 Å². The second-order valence-electron chi connectivity index (χ2n) is 3.84. The van der Waals surface area contributed by atoms with Crippen LogP contribution in [0.25, 0.3) is 0 Å². The topological polar surface area (TPSA) is 78.9 Å². The number of likely N-dealkylation sites (N-methyl/N-ethyl adjacent to an activating group) is 1. The van der Waals surface area contributed by atoms with Gasteiger partial charge in [-0.1, -0.05) is 6.92 Å². The van der Waals surface area contributed by atoms with Gasteiger partial charge in [0.05, 0.1) is 19.1 Å². The fourth-order valence-electron chi connectivity index (χ4n) is 1.30. The van der Waals surface area contributed by atoms with E-state index in [-0.39, 0.29) is 19.0 Å². The second-order valence-corrected chi connectivity index (χ2v) is 3.84. The molecule has 17 heavy (non-hydrogen) atoms. The summed E-state index contributed by atoms with van der Waals surface area (Å²) in [6.07, 6.45) is 0. The van der Waals surface area contributed by atoms with E-state index in [2.05, 4.69) is 5.32 Å². The fraction of sp³-hybridized carbons (Fsp3) is 0.818. The molecule has 6 nitrogen and oxygen atoms in total. The van der Waals surface area contributed by atoms with E-state index in [0.29, 0.717) is 19.7 Å². The third-order valence-corrected chi connectivity index (χ3v) is 2.41. The van der Waals surface area contributed by atoms with E-state index in [4.69, 9.17) is 9.84 Å². The molecule has 1 atom stereocenters. The minimum Gasteiger partial charge on any atom is -0.481 e. The standard InChI is InChI=1S/C11H22N2O4/c1-4-13(8-9(2)11(15)16)10(14)7-12-5-6-17-3/h9,12H,4-8H2,1-3H3,(H,15,16). The van der Waals surface area contributed by atoms with Gasteiger partial charge in [-0.2, -0.15) is 0 Å². The highest BCUT2D eigenvalue weighted by molar-refractivity contribution is 5.79. The van der Waals surface area contributed by atoms with Gasteiger partial charge >= 0.3 is 5.97 Å². The van der Waals surface area contributed by atoms with Gasteiger partial charge in [-0.05, 0) is 6.92 Å². The minimum absolute atomic E-state index is 0.0864. The summed E-state index contributed by atoms with van der Waals surface area (Å²) in [6.45, 7) is 5.56. The predicted molar refractivity (Wildman–Crippen MR) is 63.8 cm³/mol. The van der Waals surface area contributed by atoms with Crippen LogP contribution in [0, 0.1) is 5.92 Å². The van der Waals surface area contributed by atoms with Gasteiger partial charge in [-0.15, -0.1) is 0 Å². The Morgan fingerprint density at radius 3 is 2.59 bits per heavy atom. The maximum absolute atomic E-state index is 11.7. The van der Waals surface area contributed by atoms with Crippen LogP contribution >= 0.6 is 0 Å². The molecular formula is C11H22N2O4. The summed E-state index contributed by atoms with van der Waals surface area (Å²) in [5, 5.41) is 11.7. The lowest BCUT2D eigenvalue weighted by atomic mass is 10.1. The van der Waals surface area contributed by atoms with Crippen molar-refractivity contribution in [3.63, 3.8) is 0 Å². The van der Waals surface area contributed by atoms with Crippen LogP contribution in [0.3, 0.4) is 0 Å². The van der Waals surface area contributed by atoms with E-state index in [1.54, 1.807) is 18.9 Å². The normalized spacial score (nSPS) is 12.2. The summed E-state index contributed by atoms with van der Waals surface area (Å²) < 4.78 is 4.84. The van der Waals surface area contributed by atoms with Crippen LogP contribution < -0.4 is 5.32 Å². The zero-order valence-electron chi connectivity index (χ0n) is 10.7. The lowest BCUT2D eigenvalue weighted by Gasteiger charge is -2.23. The number of amides is 1. The summed E-state index contributed by atoms with van der Waals surface area (Å²) in [5.74, 6) is -1.52. The van der Waals surface area contributed by atoms with Gasteiger partial charge in [0.2, 0.25) is 5.91 Å². The number of carboxylic acid groups (broad SMARTS) is 1. The SMILES string of the molecule is CCN(CC(C)C(=O)O)C(=O)CNCCOC. The summed E-state index contributed by atoms with van der Waals surface area (Å²) >= 11 is 0. The Bertz CT molecular complexity index is 246. The Hall–Kier alpha value is -1.14. The van der Waals surface area contributed by atoms with Gasteiger partial charge in [0.1, 0.15) is 0 Å². The van der Waals surface area contributed by atoms with E-state index in [0.717, 1.165) is 0 Å². The summed E-state index contributed by atoms with van der Waals surface area (Å²) in [6, 6.07) is 0. The van der Waals surface area contributed by atoms with Gasteiger partial charge in [0.15, 0.2) is 0 Å². The van der Waals surface area contributed by atoms with Crippen LogP contribution in [-0.4, -0.2) is 61.8 Å². The highest BCUT2D eigenvalue weighted by atomic mass is 16.5. The molecule has 0 saturated heterocycles. The molecule has 0 aliphatic heterocycles. The first-order valence-corrected chi connectivity index (χ1v) is 5.73. The van der Waals surface area contributed by atoms with Crippen LogP contribution in [0.5, 0.6) is 0 Å². The number of carboxylic acids is 1. The zero-order chi connectivity index (χ0) is 13.3. The number of hydrogen-bond donors (Lipinski definition) is 2. The molecule has 0 saturated carbocycles. The molecule has 0 radical (unpaired) electrons. The first kappa shape index (κ1) is 15.9. The van der Waals surface area contributed by atoms with Gasteiger partial charge in [0.25, 0.3) is 0 Å². The monoisotopic (exact) mass is 246 g/mol. The molecule has 0 fully saturated rings. The zero-order valence-corrected chi connectivity index (χ0v) is 10.7. The molecule has 0 heterocycles. The molecule has 100 valence electrons. The van der Waals surface area contributed by atoms with Crippen LogP contribution in [-0.2, 0) is 14.3 Å². The molecule has 0 spiro atoms. The Kier molecular flexibility index (Phi) is 8.35. The molecule has 2 N–H and O–H groups in total. The van der Waals surface area contributed by atoms with Gasteiger partial charge in [0, 0.05) is 26.7 Å². The van der Waals surface area contributed by atoms with Crippen LogP contribution in [0.15, 0.2) is 0 Å². The molecule has 1 unspecified atom stereocenters. The Morgan fingerprint density at radius 2 is 2.12 bits per heavy atom. The lowest BCUT2D eigenvalue weighted by Crippen LogP contribution is -2.42. The molecule has 0 bridgehead atoms. The first-order valence-electron chi connectivity index (χ1n) is 5.73. The quantitative estimate of drug-likeness (QED) is 0.550. The van der Waals surface area contributed by atoms with Crippen molar-refractivity contribution in [3.8, 4) is 0 Å². The van der Waals surface area contributed by atoms with Crippen molar-refractivity contribution in [3.05, 3.63) is 0 Å². The van der Waals surface area contributed by atoms with Crippen LogP contribution in [0.1, 0.15) is 13.8 Å². The Morgan fingerprint density at radius 1 is 1.47 bits per heavy atom. The number of carbonyl (C=O) groups is 2. The van der Waals surface area contributed by atoms with E-state index in [1.165, 1.54) is 0 Å². The third kappa shape index (κ3) is 6.91. The minimum atomic E-state index is -0.886. The van der Waals surface area contributed by atoms with Crippen molar-refractivity contribution >= 4 is 11.9 Å². The maximum atomic E-state index is 11.7. The van der Waals surface area contributed by atoms with Crippen molar-refractivity contribution in [2.75, 3.05) is 39.9 Å². The van der Waals surface area contributed by atoms with E-state index in [1.807, 2.05) is 6.92 Å². The molecule has 0 rings (SSSR count). The van der Waals surface area contributed by atoms with E-state index in [9.17, 15) is 9.59 Å². The average molecular weight is 246 g/mol.